The number of nitrogen functional groups attached to an aromatic ring is 1. The van der Waals surface area contributed by atoms with Crippen LogP contribution in [0, 0.1) is 5.82 Å². The molecule has 2 aromatic carbocycles. The van der Waals surface area contributed by atoms with E-state index in [1.807, 2.05) is 28.7 Å². The molecule has 0 fully saturated rings. The molecule has 0 saturated heterocycles. The molecule has 0 unspecified atom stereocenters. The van der Waals surface area contributed by atoms with Crippen molar-refractivity contribution in [2.24, 2.45) is 0 Å². The number of hydrogen-bond donors (Lipinski definition) is 1. The predicted octanol–water partition coefficient (Wildman–Crippen LogP) is 4.99. The number of halogens is 2. The van der Waals surface area contributed by atoms with E-state index in [1.54, 1.807) is 30.7 Å². The minimum Gasteiger partial charge on any atom is -0.381 e. The molecular formula is C21H13ClFN5. The van der Waals surface area contributed by atoms with E-state index in [9.17, 15) is 4.39 Å². The number of fused-ring (bicyclic) bond motifs is 2. The summed E-state index contributed by atoms with van der Waals surface area (Å²) in [5.41, 5.74) is 10.0. The molecule has 0 spiro atoms. The Bertz CT molecular complexity index is 1360. The zero-order valence-electron chi connectivity index (χ0n) is 14.5. The second kappa shape index (κ2) is 6.28. The van der Waals surface area contributed by atoms with Crippen LogP contribution in [0.4, 0.5) is 10.2 Å². The Balaban J connectivity index is 1.90. The highest BCUT2D eigenvalue weighted by atomic mass is 35.5. The van der Waals surface area contributed by atoms with Gasteiger partial charge in [0.1, 0.15) is 5.82 Å². The molecule has 3 aromatic heterocycles. The van der Waals surface area contributed by atoms with Gasteiger partial charge in [-0.05, 0) is 30.3 Å². The van der Waals surface area contributed by atoms with Gasteiger partial charge in [-0.1, -0.05) is 29.8 Å². The zero-order chi connectivity index (χ0) is 19.3. The number of anilines is 1. The van der Waals surface area contributed by atoms with Gasteiger partial charge in [0.25, 0.3) is 0 Å². The third-order valence-corrected chi connectivity index (χ3v) is 4.89. The van der Waals surface area contributed by atoms with Crippen LogP contribution in [-0.4, -0.2) is 19.4 Å². The van der Waals surface area contributed by atoms with Crippen LogP contribution in [0.3, 0.4) is 0 Å². The van der Waals surface area contributed by atoms with Crippen molar-refractivity contribution in [3.63, 3.8) is 0 Å². The normalized spacial score (nSPS) is 11.4. The summed E-state index contributed by atoms with van der Waals surface area (Å²) >= 11 is 6.50. The number of imidazole rings is 1. The fourth-order valence-electron chi connectivity index (χ4n) is 3.41. The molecule has 0 bridgehead atoms. The molecule has 0 amide bonds. The molecule has 136 valence electrons. The smallest absolute Gasteiger partial charge is 0.180 e. The SMILES string of the molecule is Nc1nc(-c2cccc(F)c2)c(-c2cc(Cl)c3ncccc3c2)n2ccnc12. The Hall–Kier alpha value is -3.51. The van der Waals surface area contributed by atoms with Gasteiger partial charge in [-0.25, -0.2) is 14.4 Å². The number of benzene rings is 2. The van der Waals surface area contributed by atoms with Crippen LogP contribution < -0.4 is 5.73 Å². The molecule has 0 aliphatic rings. The minimum absolute atomic E-state index is 0.265. The van der Waals surface area contributed by atoms with Crippen LogP contribution in [0.25, 0.3) is 39.1 Å². The van der Waals surface area contributed by atoms with Crippen LogP contribution in [0.15, 0.2) is 67.1 Å². The average Bonchev–Trinajstić information content (AvgIpc) is 3.18. The fourth-order valence-corrected chi connectivity index (χ4v) is 3.68. The van der Waals surface area contributed by atoms with Gasteiger partial charge in [-0.15, -0.1) is 0 Å². The van der Waals surface area contributed by atoms with E-state index in [2.05, 4.69) is 15.0 Å². The van der Waals surface area contributed by atoms with Crippen LogP contribution in [0.5, 0.6) is 0 Å². The largest absolute Gasteiger partial charge is 0.381 e. The molecule has 7 heteroatoms. The number of hydrogen-bond acceptors (Lipinski definition) is 4. The van der Waals surface area contributed by atoms with Gasteiger partial charge in [0, 0.05) is 35.1 Å². The molecule has 5 aromatic rings. The lowest BCUT2D eigenvalue weighted by Gasteiger charge is -2.15. The summed E-state index contributed by atoms with van der Waals surface area (Å²) in [6.07, 6.45) is 5.15. The van der Waals surface area contributed by atoms with Crippen LogP contribution in [0.2, 0.25) is 5.02 Å². The van der Waals surface area contributed by atoms with Crippen LogP contribution in [0.1, 0.15) is 0 Å². The first kappa shape index (κ1) is 16.6. The lowest BCUT2D eigenvalue weighted by atomic mass is 10.0. The molecule has 5 nitrogen and oxygen atoms in total. The van der Waals surface area contributed by atoms with Crippen molar-refractivity contribution in [2.75, 3.05) is 5.73 Å². The summed E-state index contributed by atoms with van der Waals surface area (Å²) in [6, 6.07) is 13.8. The van der Waals surface area contributed by atoms with Gasteiger partial charge < -0.3 is 5.73 Å². The van der Waals surface area contributed by atoms with E-state index < -0.39 is 0 Å². The predicted molar refractivity (Wildman–Crippen MR) is 109 cm³/mol. The van der Waals surface area contributed by atoms with Gasteiger partial charge in [0.2, 0.25) is 0 Å². The van der Waals surface area contributed by atoms with E-state index in [-0.39, 0.29) is 11.6 Å². The second-order valence-electron chi connectivity index (χ2n) is 6.36. The Labute approximate surface area is 164 Å². The van der Waals surface area contributed by atoms with Crippen molar-refractivity contribution in [1.82, 2.24) is 19.4 Å². The van der Waals surface area contributed by atoms with Gasteiger partial charge in [0.05, 0.1) is 21.9 Å². The molecule has 3 heterocycles. The monoisotopic (exact) mass is 389 g/mol. The second-order valence-corrected chi connectivity index (χ2v) is 6.77. The highest BCUT2D eigenvalue weighted by Crippen LogP contribution is 2.36. The summed E-state index contributed by atoms with van der Waals surface area (Å²) in [5, 5.41) is 1.41. The van der Waals surface area contributed by atoms with E-state index in [4.69, 9.17) is 17.3 Å². The zero-order valence-corrected chi connectivity index (χ0v) is 15.2. The van der Waals surface area contributed by atoms with Gasteiger partial charge in [-0.3, -0.25) is 9.38 Å². The topological polar surface area (TPSA) is 69.1 Å². The van der Waals surface area contributed by atoms with Crippen molar-refractivity contribution < 1.29 is 4.39 Å². The fraction of sp³-hybridized carbons (Fsp3) is 0. The Kier molecular flexibility index (Phi) is 3.74. The van der Waals surface area contributed by atoms with Crippen molar-refractivity contribution in [1.29, 1.82) is 0 Å². The third kappa shape index (κ3) is 2.58. The number of aromatic nitrogens is 4. The molecule has 5 rings (SSSR count). The maximum absolute atomic E-state index is 13.9. The molecule has 0 atom stereocenters. The van der Waals surface area contributed by atoms with E-state index in [0.717, 1.165) is 16.6 Å². The van der Waals surface area contributed by atoms with Crippen molar-refractivity contribution in [2.45, 2.75) is 0 Å². The summed E-state index contributed by atoms with van der Waals surface area (Å²) in [6.45, 7) is 0. The van der Waals surface area contributed by atoms with Gasteiger partial charge in [-0.2, -0.15) is 0 Å². The lowest BCUT2D eigenvalue weighted by Crippen LogP contribution is -2.04. The number of nitrogens with two attached hydrogens (primary N) is 1. The standard InChI is InChI=1S/C21H13ClFN5/c22-16-11-14(9-12-4-2-6-25-17(12)16)19-18(13-3-1-5-15(23)10-13)27-20(24)21-26-7-8-28(19)21/h1-11H,(H2,24,27). The molecule has 0 radical (unpaired) electrons. The summed E-state index contributed by atoms with van der Waals surface area (Å²) in [7, 11) is 0. The summed E-state index contributed by atoms with van der Waals surface area (Å²) in [5.74, 6) is -0.0862. The molecule has 0 saturated carbocycles. The molecule has 0 aliphatic carbocycles. The first-order chi connectivity index (χ1) is 13.6. The molecule has 2 N–H and O–H groups in total. The third-order valence-electron chi connectivity index (χ3n) is 4.60. The summed E-state index contributed by atoms with van der Waals surface area (Å²) < 4.78 is 15.7. The molecular weight excluding hydrogens is 377 g/mol. The molecule has 28 heavy (non-hydrogen) atoms. The van der Waals surface area contributed by atoms with Gasteiger partial charge in [0.15, 0.2) is 11.5 Å². The van der Waals surface area contributed by atoms with E-state index >= 15 is 0 Å². The number of pyridine rings is 1. The average molecular weight is 390 g/mol. The Morgan fingerprint density at radius 3 is 2.71 bits per heavy atom. The van der Waals surface area contributed by atoms with Crippen LogP contribution >= 0.6 is 11.6 Å². The summed E-state index contributed by atoms with van der Waals surface area (Å²) in [4.78, 5) is 13.2. The maximum Gasteiger partial charge on any atom is 0.180 e. The first-order valence-electron chi connectivity index (χ1n) is 8.55. The highest BCUT2D eigenvalue weighted by Gasteiger charge is 2.18. The maximum atomic E-state index is 13.9. The minimum atomic E-state index is -0.352. The van der Waals surface area contributed by atoms with Crippen molar-refractivity contribution >= 4 is 34.0 Å². The number of rotatable bonds is 2. The van der Waals surface area contributed by atoms with Crippen molar-refractivity contribution in [3.8, 4) is 22.5 Å². The van der Waals surface area contributed by atoms with Gasteiger partial charge >= 0.3 is 0 Å². The van der Waals surface area contributed by atoms with E-state index in [1.165, 1.54) is 12.1 Å². The van der Waals surface area contributed by atoms with E-state index in [0.29, 0.717) is 27.4 Å². The lowest BCUT2D eigenvalue weighted by molar-refractivity contribution is 0.628. The first-order valence-corrected chi connectivity index (χ1v) is 8.93. The Morgan fingerprint density at radius 1 is 0.964 bits per heavy atom. The number of nitrogens with zero attached hydrogens (tertiary/aromatic N) is 4. The highest BCUT2D eigenvalue weighted by molar-refractivity contribution is 6.35. The van der Waals surface area contributed by atoms with Crippen LogP contribution in [-0.2, 0) is 0 Å². The quantitative estimate of drug-likeness (QED) is 0.462. The Morgan fingerprint density at radius 2 is 1.86 bits per heavy atom. The van der Waals surface area contributed by atoms with Crippen molar-refractivity contribution in [3.05, 3.63) is 78.0 Å². The molecule has 0 aliphatic heterocycles.